The Morgan fingerprint density at radius 3 is 2.70 bits per heavy atom. The molecule has 1 aromatic heterocycles. The van der Waals surface area contributed by atoms with E-state index in [4.69, 9.17) is 0 Å². The fourth-order valence-corrected chi connectivity index (χ4v) is 1.28. The molecule has 1 aliphatic carbocycles. The van der Waals surface area contributed by atoms with Crippen molar-refractivity contribution in [3.05, 3.63) is 11.6 Å². The smallest absolute Gasteiger partial charge is 0.192 e. The maximum absolute atomic E-state index is 4.38. The number of nitrogens with one attached hydrogen (secondary N) is 1. The summed E-state index contributed by atoms with van der Waals surface area (Å²) >= 11 is 0. The zero-order valence-corrected chi connectivity index (χ0v) is 6.39. The van der Waals surface area contributed by atoms with Crippen LogP contribution in [0, 0.1) is 6.92 Å². The Kier molecular flexibility index (Phi) is 1.07. The predicted octanol–water partition coefficient (Wildman–Crippen LogP) is 0.420. The summed E-state index contributed by atoms with van der Waals surface area (Å²) in [7, 11) is 2.02. The van der Waals surface area contributed by atoms with Crippen LogP contribution in [0.15, 0.2) is 0 Å². The van der Waals surface area contributed by atoms with Crippen molar-refractivity contribution in [2.24, 2.45) is 7.05 Å². The first kappa shape index (κ1) is 5.89. The topological polar surface area (TPSA) is 32.6 Å². The Labute approximate surface area is 60.1 Å². The molecule has 0 radical (unpaired) electrons. The van der Waals surface area contributed by atoms with Crippen molar-refractivity contribution in [3.8, 4) is 0 Å². The summed E-state index contributed by atoms with van der Waals surface area (Å²) in [5.41, 5.74) is 0. The van der Waals surface area contributed by atoms with E-state index in [2.05, 4.69) is 10.1 Å². The summed E-state index contributed by atoms with van der Waals surface area (Å²) in [6, 6.07) is 0. The summed E-state index contributed by atoms with van der Waals surface area (Å²) in [5, 5.41) is 3.13. The standard InChI is InChI=1S/C7H11N3/c1-5-8-7(6-3-4-6)10(2)9-5/h6H,3-4H2,1-2H3/p+1. The van der Waals surface area contributed by atoms with Crippen molar-refractivity contribution in [2.75, 3.05) is 0 Å². The molecule has 0 saturated heterocycles. The van der Waals surface area contributed by atoms with Crippen molar-refractivity contribution < 1.29 is 4.68 Å². The van der Waals surface area contributed by atoms with Gasteiger partial charge in [-0.1, -0.05) is 0 Å². The molecule has 0 aliphatic heterocycles. The molecule has 54 valence electrons. The van der Waals surface area contributed by atoms with E-state index in [-0.39, 0.29) is 0 Å². The van der Waals surface area contributed by atoms with Gasteiger partial charge >= 0.3 is 5.82 Å². The Hall–Kier alpha value is -0.860. The first-order valence-electron chi connectivity index (χ1n) is 3.70. The second-order valence-corrected chi connectivity index (χ2v) is 3.00. The maximum Gasteiger partial charge on any atom is 0.321 e. The number of rotatable bonds is 1. The van der Waals surface area contributed by atoms with Crippen LogP contribution in [-0.4, -0.2) is 10.1 Å². The van der Waals surface area contributed by atoms with E-state index in [0.717, 1.165) is 11.7 Å². The van der Waals surface area contributed by atoms with Gasteiger partial charge in [0.1, 0.15) is 7.05 Å². The molecule has 0 bridgehead atoms. The van der Waals surface area contributed by atoms with Gasteiger partial charge in [0.25, 0.3) is 0 Å². The molecule has 1 saturated carbocycles. The monoisotopic (exact) mass is 138 g/mol. The molecule has 0 aromatic carbocycles. The molecular weight excluding hydrogens is 126 g/mol. The minimum atomic E-state index is 0.745. The van der Waals surface area contributed by atoms with E-state index in [9.17, 15) is 0 Å². The third kappa shape index (κ3) is 0.818. The van der Waals surface area contributed by atoms with Crippen LogP contribution < -0.4 is 4.68 Å². The van der Waals surface area contributed by atoms with Crippen molar-refractivity contribution in [2.45, 2.75) is 25.7 Å². The summed E-state index contributed by atoms with van der Waals surface area (Å²) in [6.45, 7) is 1.99. The quantitative estimate of drug-likeness (QED) is 0.560. The molecule has 0 unspecified atom stereocenters. The van der Waals surface area contributed by atoms with Gasteiger partial charge in [-0.3, -0.25) is 0 Å². The van der Waals surface area contributed by atoms with Gasteiger partial charge < -0.3 is 0 Å². The first-order chi connectivity index (χ1) is 4.77. The fourth-order valence-electron chi connectivity index (χ4n) is 1.28. The van der Waals surface area contributed by atoms with E-state index in [1.807, 2.05) is 18.7 Å². The molecule has 1 heterocycles. The average molecular weight is 138 g/mol. The molecule has 1 aliphatic rings. The zero-order valence-electron chi connectivity index (χ0n) is 6.39. The number of aryl methyl sites for hydroxylation is 2. The number of hydrogen-bond donors (Lipinski definition) is 1. The molecule has 3 heteroatoms. The molecule has 2 rings (SSSR count). The third-order valence-electron chi connectivity index (χ3n) is 1.90. The van der Waals surface area contributed by atoms with Crippen LogP contribution in [0.2, 0.25) is 0 Å². The maximum atomic E-state index is 4.38. The van der Waals surface area contributed by atoms with Crippen LogP contribution >= 0.6 is 0 Å². The Morgan fingerprint density at radius 2 is 2.30 bits per heavy atom. The second kappa shape index (κ2) is 1.81. The predicted molar refractivity (Wildman–Crippen MR) is 36.5 cm³/mol. The SMILES string of the molecule is Cc1nc(C2CC2)[n+](C)[nH]1. The van der Waals surface area contributed by atoms with Crippen LogP contribution in [-0.2, 0) is 7.05 Å². The summed E-state index contributed by atoms with van der Waals surface area (Å²) in [4.78, 5) is 4.38. The second-order valence-electron chi connectivity index (χ2n) is 3.00. The number of H-pyrrole nitrogens is 1. The van der Waals surface area contributed by atoms with Crippen molar-refractivity contribution >= 4 is 0 Å². The van der Waals surface area contributed by atoms with E-state index < -0.39 is 0 Å². The number of hydrogen-bond acceptors (Lipinski definition) is 1. The molecule has 0 spiro atoms. The normalized spacial score (nSPS) is 17.8. The summed E-state index contributed by atoms with van der Waals surface area (Å²) < 4.78 is 2.02. The van der Waals surface area contributed by atoms with Crippen molar-refractivity contribution in [3.63, 3.8) is 0 Å². The van der Waals surface area contributed by atoms with Gasteiger partial charge in [-0.05, 0) is 17.8 Å². The van der Waals surface area contributed by atoms with Crippen LogP contribution in [0.1, 0.15) is 30.4 Å². The van der Waals surface area contributed by atoms with E-state index in [0.29, 0.717) is 0 Å². The van der Waals surface area contributed by atoms with Crippen molar-refractivity contribution in [1.82, 2.24) is 10.1 Å². The molecule has 0 amide bonds. The molecular formula is C7H12N3+. The minimum Gasteiger partial charge on any atom is -0.192 e. The largest absolute Gasteiger partial charge is 0.321 e. The fraction of sp³-hybridized carbons (Fsp3) is 0.714. The Balaban J connectivity index is 2.38. The van der Waals surface area contributed by atoms with Gasteiger partial charge in [0.15, 0.2) is 0 Å². The van der Waals surface area contributed by atoms with Gasteiger partial charge in [0, 0.05) is 6.92 Å². The molecule has 10 heavy (non-hydrogen) atoms. The van der Waals surface area contributed by atoms with Gasteiger partial charge in [0.05, 0.1) is 5.92 Å². The summed E-state index contributed by atoms with van der Waals surface area (Å²) in [6.07, 6.45) is 2.64. The highest BCUT2D eigenvalue weighted by atomic mass is 15.3. The van der Waals surface area contributed by atoms with Crippen LogP contribution in [0.5, 0.6) is 0 Å². The lowest BCUT2D eigenvalue weighted by molar-refractivity contribution is -0.735. The number of nitrogens with zero attached hydrogens (tertiary/aromatic N) is 2. The number of aromatic nitrogens is 3. The van der Waals surface area contributed by atoms with Gasteiger partial charge in [-0.15, -0.1) is 0 Å². The van der Waals surface area contributed by atoms with Gasteiger partial charge in [0.2, 0.25) is 5.82 Å². The lowest BCUT2D eigenvalue weighted by Crippen LogP contribution is -2.34. The zero-order chi connectivity index (χ0) is 7.14. The lowest BCUT2D eigenvalue weighted by atomic mass is 10.4. The van der Waals surface area contributed by atoms with Crippen LogP contribution in [0.4, 0.5) is 0 Å². The van der Waals surface area contributed by atoms with Gasteiger partial charge in [-0.2, -0.15) is 9.78 Å². The molecule has 0 atom stereocenters. The van der Waals surface area contributed by atoms with E-state index >= 15 is 0 Å². The van der Waals surface area contributed by atoms with Crippen LogP contribution in [0.3, 0.4) is 0 Å². The van der Waals surface area contributed by atoms with Crippen LogP contribution in [0.25, 0.3) is 0 Å². The minimum absolute atomic E-state index is 0.745. The highest BCUT2D eigenvalue weighted by Crippen LogP contribution is 2.36. The molecule has 3 nitrogen and oxygen atoms in total. The van der Waals surface area contributed by atoms with Gasteiger partial charge in [-0.25, -0.2) is 0 Å². The first-order valence-corrected chi connectivity index (χ1v) is 3.70. The Bertz CT molecular complexity index is 247. The number of aromatic amines is 1. The summed E-state index contributed by atoms with van der Waals surface area (Å²) in [5.74, 6) is 2.98. The average Bonchev–Trinajstić information content (AvgIpc) is 2.61. The molecule has 1 aromatic rings. The lowest BCUT2D eigenvalue weighted by Gasteiger charge is -1.82. The third-order valence-corrected chi connectivity index (χ3v) is 1.90. The molecule has 1 fully saturated rings. The Morgan fingerprint density at radius 1 is 1.60 bits per heavy atom. The highest BCUT2D eigenvalue weighted by Gasteiger charge is 2.34. The highest BCUT2D eigenvalue weighted by molar-refractivity contribution is 4.99. The molecule has 1 N–H and O–H groups in total. The van der Waals surface area contributed by atoms with E-state index in [1.54, 1.807) is 0 Å². The van der Waals surface area contributed by atoms with Crippen molar-refractivity contribution in [1.29, 1.82) is 0 Å². The van der Waals surface area contributed by atoms with E-state index in [1.165, 1.54) is 18.7 Å².